The normalized spacial score (nSPS) is 21.4. The molecular formula is C16H20BrNOS. The largest absolute Gasteiger partial charge is 0.325 e. The average molecular weight is 354 g/mol. The van der Waals surface area contributed by atoms with Gasteiger partial charge in [0.1, 0.15) is 0 Å². The van der Waals surface area contributed by atoms with Crippen LogP contribution in [0.5, 0.6) is 0 Å². The van der Waals surface area contributed by atoms with Crippen LogP contribution in [-0.4, -0.2) is 15.3 Å². The highest BCUT2D eigenvalue weighted by atomic mass is 79.9. The number of benzene rings is 1. The number of carbonyl (C=O) groups is 1. The highest BCUT2D eigenvalue weighted by Crippen LogP contribution is 2.41. The fourth-order valence-corrected chi connectivity index (χ4v) is 4.78. The van der Waals surface area contributed by atoms with Crippen LogP contribution < -0.4 is 5.32 Å². The quantitative estimate of drug-likeness (QED) is 0.791. The van der Waals surface area contributed by atoms with Crippen LogP contribution in [0.25, 0.3) is 0 Å². The predicted octanol–water partition coefficient (Wildman–Crippen LogP) is 4.47. The zero-order chi connectivity index (χ0) is 14.3. The predicted molar refractivity (Wildman–Crippen MR) is 89.7 cm³/mol. The molecule has 2 aliphatic rings. The molecule has 1 unspecified atom stereocenters. The zero-order valence-electron chi connectivity index (χ0n) is 11.9. The van der Waals surface area contributed by atoms with E-state index < -0.39 is 5.41 Å². The number of rotatable bonds is 5. The Kier molecular flexibility index (Phi) is 3.89. The summed E-state index contributed by atoms with van der Waals surface area (Å²) in [6.45, 7) is 3.96. The van der Waals surface area contributed by atoms with Crippen molar-refractivity contribution in [1.29, 1.82) is 0 Å². The van der Waals surface area contributed by atoms with E-state index in [0.717, 1.165) is 29.3 Å². The molecule has 1 saturated carbocycles. The lowest BCUT2D eigenvalue weighted by atomic mass is 9.85. The Bertz CT molecular complexity index is 539. The van der Waals surface area contributed by atoms with E-state index in [2.05, 4.69) is 51.2 Å². The van der Waals surface area contributed by atoms with Gasteiger partial charge in [-0.15, -0.1) is 11.8 Å². The molecule has 0 spiro atoms. The van der Waals surface area contributed by atoms with E-state index >= 15 is 0 Å². The third-order valence-electron chi connectivity index (χ3n) is 4.10. The molecule has 0 saturated heterocycles. The molecule has 0 bridgehead atoms. The van der Waals surface area contributed by atoms with Crippen molar-refractivity contribution in [1.82, 2.24) is 0 Å². The summed E-state index contributed by atoms with van der Waals surface area (Å²) < 4.78 is 0.550. The van der Waals surface area contributed by atoms with Crippen LogP contribution in [-0.2, 0) is 16.6 Å². The Balaban J connectivity index is 1.64. The minimum absolute atomic E-state index is 0.104. The van der Waals surface area contributed by atoms with Crippen LogP contribution in [0.4, 0.5) is 5.69 Å². The van der Waals surface area contributed by atoms with Gasteiger partial charge in [0.15, 0.2) is 0 Å². The number of hydrogen-bond acceptors (Lipinski definition) is 2. The molecule has 0 aromatic heterocycles. The molecule has 4 heteroatoms. The molecule has 1 amide bonds. The van der Waals surface area contributed by atoms with Crippen LogP contribution >= 0.6 is 27.7 Å². The lowest BCUT2D eigenvalue weighted by Gasteiger charge is -2.15. The van der Waals surface area contributed by atoms with Gasteiger partial charge in [-0.2, -0.15) is 0 Å². The monoisotopic (exact) mass is 353 g/mol. The fourth-order valence-electron chi connectivity index (χ4n) is 2.56. The number of thioether (sulfide) groups is 1. The van der Waals surface area contributed by atoms with Crippen LogP contribution in [0.3, 0.4) is 0 Å². The van der Waals surface area contributed by atoms with Gasteiger partial charge in [0.05, 0.1) is 9.57 Å². The molecule has 1 aliphatic heterocycles. The van der Waals surface area contributed by atoms with Crippen molar-refractivity contribution < 1.29 is 4.79 Å². The lowest BCUT2D eigenvalue weighted by molar-refractivity contribution is -0.119. The molecular weight excluding hydrogens is 334 g/mol. The van der Waals surface area contributed by atoms with Crippen LogP contribution in [0, 0.1) is 0 Å². The summed E-state index contributed by atoms with van der Waals surface area (Å²) in [4.78, 5) is 11.9. The molecule has 1 aromatic carbocycles. The zero-order valence-corrected chi connectivity index (χ0v) is 14.3. The summed E-state index contributed by atoms with van der Waals surface area (Å²) in [7, 11) is 0. The van der Waals surface area contributed by atoms with Crippen LogP contribution in [0.2, 0.25) is 0 Å². The van der Waals surface area contributed by atoms with E-state index in [4.69, 9.17) is 0 Å². The van der Waals surface area contributed by atoms with Crippen molar-refractivity contribution in [2.45, 2.75) is 54.4 Å². The standard InChI is InChI=1S/C16H20BrNOS/c1-16(2)12-7-3-10(9-13(12)18-15(16)19)4-8-14(17)20-11-5-6-11/h3,7,9,11,14H,4-6,8H2,1-2H3,(H,18,19). The first kappa shape index (κ1) is 14.5. The second-order valence-corrected chi connectivity index (χ2v) is 9.46. The third-order valence-corrected chi connectivity index (χ3v) is 6.59. The summed E-state index contributed by atoms with van der Waals surface area (Å²) >= 11 is 5.82. The van der Waals surface area contributed by atoms with Gasteiger partial charge in [-0.1, -0.05) is 28.1 Å². The number of amides is 1. The van der Waals surface area contributed by atoms with Gasteiger partial charge in [-0.3, -0.25) is 4.79 Å². The molecule has 20 heavy (non-hydrogen) atoms. The van der Waals surface area contributed by atoms with Gasteiger partial charge in [0.25, 0.3) is 0 Å². The maximum Gasteiger partial charge on any atom is 0.234 e. The lowest BCUT2D eigenvalue weighted by Crippen LogP contribution is -2.26. The smallest absolute Gasteiger partial charge is 0.234 e. The van der Waals surface area contributed by atoms with Gasteiger partial charge in [0.2, 0.25) is 5.91 Å². The maximum absolute atomic E-state index is 11.9. The third kappa shape index (κ3) is 2.91. The molecule has 1 aliphatic carbocycles. The summed E-state index contributed by atoms with van der Waals surface area (Å²) in [5, 5.41) is 3.89. The summed E-state index contributed by atoms with van der Waals surface area (Å²) in [5.74, 6) is 0.104. The van der Waals surface area contributed by atoms with E-state index in [9.17, 15) is 4.79 Å². The van der Waals surface area contributed by atoms with E-state index in [0.29, 0.717) is 4.16 Å². The topological polar surface area (TPSA) is 29.1 Å². The molecule has 108 valence electrons. The molecule has 1 aromatic rings. The fraction of sp³-hybridized carbons (Fsp3) is 0.562. The molecule has 0 radical (unpaired) electrons. The Morgan fingerprint density at radius 2 is 2.20 bits per heavy atom. The number of hydrogen-bond donors (Lipinski definition) is 1. The van der Waals surface area contributed by atoms with Crippen molar-refractivity contribution in [3.05, 3.63) is 29.3 Å². The highest BCUT2D eigenvalue weighted by molar-refractivity contribution is 9.11. The van der Waals surface area contributed by atoms with Gasteiger partial charge in [-0.05, 0) is 56.7 Å². The molecule has 1 fully saturated rings. The van der Waals surface area contributed by atoms with Crippen molar-refractivity contribution in [2.24, 2.45) is 0 Å². The summed E-state index contributed by atoms with van der Waals surface area (Å²) in [6.07, 6.45) is 4.95. The van der Waals surface area contributed by atoms with Gasteiger partial charge in [-0.25, -0.2) is 0 Å². The summed E-state index contributed by atoms with van der Waals surface area (Å²) in [6, 6.07) is 6.42. The van der Waals surface area contributed by atoms with Crippen molar-refractivity contribution in [3.63, 3.8) is 0 Å². The number of fused-ring (bicyclic) bond motifs is 1. The number of halogens is 1. The Hall–Kier alpha value is -0.480. The average Bonchev–Trinajstić information content (AvgIpc) is 3.16. The van der Waals surface area contributed by atoms with Crippen molar-refractivity contribution in [3.8, 4) is 0 Å². The van der Waals surface area contributed by atoms with E-state index in [1.807, 2.05) is 13.8 Å². The number of anilines is 1. The van der Waals surface area contributed by atoms with Gasteiger partial charge < -0.3 is 5.32 Å². The maximum atomic E-state index is 11.9. The van der Waals surface area contributed by atoms with Crippen LogP contribution in [0.1, 0.15) is 44.2 Å². The number of aryl methyl sites for hydroxylation is 1. The SMILES string of the molecule is CC1(C)C(=O)Nc2cc(CCC(Br)SC3CC3)ccc21. The number of alkyl halides is 1. The summed E-state index contributed by atoms with van der Waals surface area (Å²) in [5.41, 5.74) is 3.03. The Morgan fingerprint density at radius 1 is 1.45 bits per heavy atom. The Labute approximate surface area is 133 Å². The van der Waals surface area contributed by atoms with Crippen molar-refractivity contribution in [2.75, 3.05) is 5.32 Å². The second-order valence-electron chi connectivity index (χ2n) is 6.24. The first-order chi connectivity index (χ1) is 9.46. The minimum atomic E-state index is -0.395. The first-order valence-electron chi connectivity index (χ1n) is 7.21. The van der Waals surface area contributed by atoms with Gasteiger partial charge >= 0.3 is 0 Å². The van der Waals surface area contributed by atoms with E-state index in [1.54, 1.807) is 0 Å². The molecule has 3 rings (SSSR count). The van der Waals surface area contributed by atoms with Gasteiger partial charge in [0, 0.05) is 10.9 Å². The number of carbonyl (C=O) groups excluding carboxylic acids is 1. The van der Waals surface area contributed by atoms with E-state index in [-0.39, 0.29) is 5.91 Å². The first-order valence-corrected chi connectivity index (χ1v) is 9.07. The molecule has 2 nitrogen and oxygen atoms in total. The van der Waals surface area contributed by atoms with Crippen LogP contribution in [0.15, 0.2) is 18.2 Å². The molecule has 1 N–H and O–H groups in total. The minimum Gasteiger partial charge on any atom is -0.325 e. The van der Waals surface area contributed by atoms with Crippen molar-refractivity contribution >= 4 is 39.3 Å². The van der Waals surface area contributed by atoms with E-state index in [1.165, 1.54) is 18.4 Å². The number of nitrogens with one attached hydrogen (secondary N) is 1. The molecule has 1 atom stereocenters. The second kappa shape index (κ2) is 5.38. The Morgan fingerprint density at radius 3 is 2.90 bits per heavy atom. The highest BCUT2D eigenvalue weighted by Gasteiger charge is 2.38. The molecule has 1 heterocycles.